The molecule has 7 heteroatoms. The minimum absolute atomic E-state index is 0.0505. The fraction of sp³-hybridized carbons (Fsp3) is 0.346. The molecule has 0 fully saturated rings. The van der Waals surface area contributed by atoms with E-state index >= 15 is 0 Å². The van der Waals surface area contributed by atoms with Crippen LogP contribution < -0.4 is 14.8 Å². The monoisotopic (exact) mass is 446 g/mol. The van der Waals surface area contributed by atoms with Gasteiger partial charge in [0.25, 0.3) is 0 Å². The van der Waals surface area contributed by atoms with Crippen molar-refractivity contribution in [3.05, 3.63) is 59.9 Å². The lowest BCUT2D eigenvalue weighted by Crippen LogP contribution is -2.08. The van der Waals surface area contributed by atoms with E-state index in [1.54, 1.807) is 13.2 Å². The smallest absolute Gasteiger partial charge is 0.248 e. The van der Waals surface area contributed by atoms with Crippen molar-refractivity contribution < 1.29 is 14.3 Å². The molecule has 0 saturated carbocycles. The fourth-order valence-electron chi connectivity index (χ4n) is 3.93. The summed E-state index contributed by atoms with van der Waals surface area (Å²) in [6.45, 7) is 4.86. The number of aryl methyl sites for hydroxylation is 1. The van der Waals surface area contributed by atoms with E-state index in [1.165, 1.54) is 12.5 Å². The number of amides is 1. The predicted octanol–water partition coefficient (Wildman–Crippen LogP) is 5.12. The first kappa shape index (κ1) is 22.6. The third kappa shape index (κ3) is 5.61. The molecule has 1 aromatic heterocycles. The van der Waals surface area contributed by atoms with Crippen LogP contribution in [0.2, 0.25) is 0 Å². The van der Waals surface area contributed by atoms with E-state index in [-0.39, 0.29) is 12.0 Å². The number of nitrogens with one attached hydrogen (secondary N) is 1. The number of benzene rings is 2. The zero-order valence-corrected chi connectivity index (χ0v) is 19.4. The van der Waals surface area contributed by atoms with Crippen molar-refractivity contribution in [2.45, 2.75) is 52.2 Å². The van der Waals surface area contributed by atoms with Gasteiger partial charge in [0.2, 0.25) is 5.91 Å². The van der Waals surface area contributed by atoms with Gasteiger partial charge in [-0.3, -0.25) is 4.79 Å². The zero-order valence-electron chi connectivity index (χ0n) is 19.4. The summed E-state index contributed by atoms with van der Waals surface area (Å²) in [7, 11) is 1.60. The van der Waals surface area contributed by atoms with Crippen LogP contribution in [0.1, 0.15) is 44.5 Å². The van der Waals surface area contributed by atoms with Crippen LogP contribution in [0.15, 0.2) is 48.5 Å². The Kier molecular flexibility index (Phi) is 7.07. The highest BCUT2D eigenvalue weighted by atomic mass is 16.5. The molecule has 2 heterocycles. The van der Waals surface area contributed by atoms with Gasteiger partial charge in [-0.05, 0) is 62.6 Å². The van der Waals surface area contributed by atoms with Gasteiger partial charge < -0.3 is 19.4 Å². The Bertz CT molecular complexity index is 1150. The molecular formula is C26H30N4O3. The SMILES string of the molecule is COc1cc(/C=C/C(=O)Nc2cccc(-c3nnc4n3CCCCC4)c2)ccc1OC(C)C. The number of rotatable bonds is 7. The van der Waals surface area contributed by atoms with Gasteiger partial charge in [-0.2, -0.15) is 0 Å². The van der Waals surface area contributed by atoms with Crippen LogP contribution in [0.5, 0.6) is 11.5 Å². The summed E-state index contributed by atoms with van der Waals surface area (Å²) >= 11 is 0. The molecular weight excluding hydrogens is 416 g/mol. The van der Waals surface area contributed by atoms with Crippen molar-refractivity contribution >= 4 is 17.7 Å². The van der Waals surface area contributed by atoms with Gasteiger partial charge in [0.05, 0.1) is 13.2 Å². The minimum Gasteiger partial charge on any atom is -0.493 e. The Hall–Kier alpha value is -3.61. The normalized spacial score (nSPS) is 13.6. The maximum atomic E-state index is 12.5. The molecule has 0 unspecified atom stereocenters. The topological polar surface area (TPSA) is 78.3 Å². The van der Waals surface area contributed by atoms with E-state index in [4.69, 9.17) is 9.47 Å². The summed E-state index contributed by atoms with van der Waals surface area (Å²) in [6, 6.07) is 13.3. The minimum atomic E-state index is -0.214. The third-order valence-electron chi connectivity index (χ3n) is 5.48. The molecule has 2 aromatic carbocycles. The van der Waals surface area contributed by atoms with Gasteiger partial charge in [-0.1, -0.05) is 24.6 Å². The van der Waals surface area contributed by atoms with E-state index in [1.807, 2.05) is 56.3 Å². The van der Waals surface area contributed by atoms with E-state index in [9.17, 15) is 4.79 Å². The van der Waals surface area contributed by atoms with E-state index in [2.05, 4.69) is 20.1 Å². The Labute approximate surface area is 194 Å². The Balaban J connectivity index is 1.45. The first-order valence-electron chi connectivity index (χ1n) is 11.4. The number of aromatic nitrogens is 3. The number of hydrogen-bond acceptors (Lipinski definition) is 5. The molecule has 0 atom stereocenters. The number of hydrogen-bond donors (Lipinski definition) is 1. The molecule has 7 nitrogen and oxygen atoms in total. The summed E-state index contributed by atoms with van der Waals surface area (Å²) in [4.78, 5) is 12.5. The number of methoxy groups -OCH3 is 1. The average molecular weight is 447 g/mol. The maximum absolute atomic E-state index is 12.5. The van der Waals surface area contributed by atoms with E-state index in [0.29, 0.717) is 17.2 Å². The number of carbonyl (C=O) groups is 1. The number of ether oxygens (including phenoxy) is 2. The van der Waals surface area contributed by atoms with Crippen molar-refractivity contribution in [2.75, 3.05) is 12.4 Å². The van der Waals surface area contributed by atoms with Gasteiger partial charge >= 0.3 is 0 Å². The summed E-state index contributed by atoms with van der Waals surface area (Å²) in [6.07, 6.45) is 7.77. The van der Waals surface area contributed by atoms with Crippen LogP contribution in [0.3, 0.4) is 0 Å². The second-order valence-electron chi connectivity index (χ2n) is 8.38. The lowest BCUT2D eigenvalue weighted by Gasteiger charge is -2.13. The van der Waals surface area contributed by atoms with Crippen molar-refractivity contribution in [1.29, 1.82) is 0 Å². The lowest BCUT2D eigenvalue weighted by molar-refractivity contribution is -0.111. The second-order valence-corrected chi connectivity index (χ2v) is 8.38. The summed E-state index contributed by atoms with van der Waals surface area (Å²) < 4.78 is 13.4. The van der Waals surface area contributed by atoms with E-state index < -0.39 is 0 Å². The Morgan fingerprint density at radius 2 is 1.97 bits per heavy atom. The van der Waals surface area contributed by atoms with Crippen LogP contribution in [0.25, 0.3) is 17.5 Å². The number of fused-ring (bicyclic) bond motifs is 1. The van der Waals surface area contributed by atoms with Gasteiger partial charge in [0.15, 0.2) is 17.3 Å². The highest BCUT2D eigenvalue weighted by Crippen LogP contribution is 2.29. The van der Waals surface area contributed by atoms with Gasteiger partial charge in [-0.15, -0.1) is 10.2 Å². The van der Waals surface area contributed by atoms with E-state index in [0.717, 1.165) is 48.6 Å². The van der Waals surface area contributed by atoms with Crippen molar-refractivity contribution in [3.8, 4) is 22.9 Å². The number of nitrogens with zero attached hydrogens (tertiary/aromatic N) is 3. The second kappa shape index (κ2) is 10.3. The average Bonchev–Trinajstić information content (AvgIpc) is 3.06. The molecule has 3 aromatic rings. The fourth-order valence-corrected chi connectivity index (χ4v) is 3.93. The number of carbonyl (C=O) groups excluding carboxylic acids is 1. The Morgan fingerprint density at radius 1 is 1.09 bits per heavy atom. The first-order chi connectivity index (χ1) is 16.0. The van der Waals surface area contributed by atoms with Crippen LogP contribution in [0.4, 0.5) is 5.69 Å². The highest BCUT2D eigenvalue weighted by Gasteiger charge is 2.16. The molecule has 1 amide bonds. The van der Waals surface area contributed by atoms with Gasteiger partial charge in [-0.25, -0.2) is 0 Å². The zero-order chi connectivity index (χ0) is 23.2. The van der Waals surface area contributed by atoms with Gasteiger partial charge in [0, 0.05) is 30.3 Å². The van der Waals surface area contributed by atoms with Crippen molar-refractivity contribution in [3.63, 3.8) is 0 Å². The van der Waals surface area contributed by atoms with Crippen LogP contribution >= 0.6 is 0 Å². The molecule has 1 aliphatic rings. The molecule has 4 rings (SSSR count). The van der Waals surface area contributed by atoms with Crippen molar-refractivity contribution in [1.82, 2.24) is 14.8 Å². The quantitative estimate of drug-likeness (QED) is 0.510. The third-order valence-corrected chi connectivity index (χ3v) is 5.48. The lowest BCUT2D eigenvalue weighted by atomic mass is 10.1. The van der Waals surface area contributed by atoms with Crippen molar-refractivity contribution in [2.24, 2.45) is 0 Å². The maximum Gasteiger partial charge on any atom is 0.248 e. The molecule has 0 saturated heterocycles. The highest BCUT2D eigenvalue weighted by molar-refractivity contribution is 6.02. The first-order valence-corrected chi connectivity index (χ1v) is 11.4. The van der Waals surface area contributed by atoms with Crippen LogP contribution in [-0.2, 0) is 17.8 Å². The molecule has 1 N–H and O–H groups in total. The summed E-state index contributed by atoms with van der Waals surface area (Å²) in [5.41, 5.74) is 2.51. The Morgan fingerprint density at radius 3 is 2.79 bits per heavy atom. The largest absolute Gasteiger partial charge is 0.493 e. The van der Waals surface area contributed by atoms with Gasteiger partial charge in [0.1, 0.15) is 5.82 Å². The molecule has 172 valence electrons. The number of anilines is 1. The standard InChI is InChI=1S/C26H30N4O3/c1-18(2)33-22-13-11-19(16-23(22)32-3)12-14-25(31)27-21-9-7-8-20(17-21)26-29-28-24-10-5-4-6-15-30(24)26/h7-9,11-14,16-18H,4-6,10,15H2,1-3H3,(H,27,31)/b14-12+. The summed E-state index contributed by atoms with van der Waals surface area (Å²) in [5.74, 6) is 2.99. The predicted molar refractivity (Wildman–Crippen MR) is 129 cm³/mol. The van der Waals surface area contributed by atoms with Crippen LogP contribution in [0, 0.1) is 0 Å². The molecule has 0 spiro atoms. The van der Waals surface area contributed by atoms with Crippen LogP contribution in [-0.4, -0.2) is 33.9 Å². The molecule has 33 heavy (non-hydrogen) atoms. The molecule has 0 bridgehead atoms. The summed E-state index contributed by atoms with van der Waals surface area (Å²) in [5, 5.41) is 11.7. The molecule has 0 radical (unpaired) electrons. The molecule has 1 aliphatic heterocycles. The molecule has 0 aliphatic carbocycles.